The molecule has 0 radical (unpaired) electrons. The molecule has 36 heavy (non-hydrogen) atoms. The summed E-state index contributed by atoms with van der Waals surface area (Å²) in [6.07, 6.45) is 2.65. The molecule has 0 atom stereocenters. The maximum absolute atomic E-state index is 14.0. The Morgan fingerprint density at radius 3 is 2.31 bits per heavy atom. The first-order valence-corrected chi connectivity index (χ1v) is 13.5. The second kappa shape index (κ2) is 11.1. The zero-order valence-electron chi connectivity index (χ0n) is 19.6. The van der Waals surface area contributed by atoms with Crippen LogP contribution in [0, 0.1) is 0 Å². The topological polar surface area (TPSA) is 87.5 Å². The van der Waals surface area contributed by atoms with Gasteiger partial charge < -0.3 is 9.88 Å². The van der Waals surface area contributed by atoms with E-state index in [2.05, 4.69) is 10.3 Å². The summed E-state index contributed by atoms with van der Waals surface area (Å²) in [5.41, 5.74) is -0.462. The standard InChI is InChI=1S/C22H27Cl2F2N5O3S.ClH/c1-29-13-19(28-15-29)35(33,34)31-10-8-30(9-11-31)21(4-6-22(25,26)7-5-21)14-27-20(32)17-3-2-16(23)12-18(17)24;/h2-3,12-13,15H,4-11,14H2,1H3,(H,27,32);1H. The maximum atomic E-state index is 14.0. The summed E-state index contributed by atoms with van der Waals surface area (Å²) in [6.45, 7) is 1.26. The van der Waals surface area contributed by atoms with Crippen molar-refractivity contribution in [3.8, 4) is 0 Å². The van der Waals surface area contributed by atoms with E-state index in [1.807, 2.05) is 4.90 Å². The van der Waals surface area contributed by atoms with Gasteiger partial charge in [-0.15, -0.1) is 12.4 Å². The normalized spacial score (nSPS) is 20.5. The minimum absolute atomic E-state index is 0. The highest BCUT2D eigenvalue weighted by Crippen LogP contribution is 2.42. The van der Waals surface area contributed by atoms with E-state index >= 15 is 0 Å². The van der Waals surface area contributed by atoms with Gasteiger partial charge in [-0.1, -0.05) is 23.2 Å². The molecule has 1 aromatic carbocycles. The predicted molar refractivity (Wildman–Crippen MR) is 136 cm³/mol. The number of aromatic nitrogens is 2. The number of hydrogen-bond donors (Lipinski definition) is 1. The molecule has 8 nitrogen and oxygen atoms in total. The molecule has 2 aliphatic rings. The van der Waals surface area contributed by atoms with Crippen molar-refractivity contribution in [1.29, 1.82) is 0 Å². The highest BCUT2D eigenvalue weighted by molar-refractivity contribution is 7.89. The Hall–Kier alpha value is -1.50. The molecule has 1 saturated carbocycles. The van der Waals surface area contributed by atoms with Crippen LogP contribution in [-0.2, 0) is 17.1 Å². The number of piperazine rings is 1. The van der Waals surface area contributed by atoms with E-state index in [1.165, 1.54) is 29.0 Å². The Morgan fingerprint density at radius 1 is 1.11 bits per heavy atom. The predicted octanol–water partition coefficient (Wildman–Crippen LogP) is 3.83. The molecule has 2 heterocycles. The van der Waals surface area contributed by atoms with E-state index in [-0.39, 0.29) is 73.3 Å². The van der Waals surface area contributed by atoms with E-state index < -0.39 is 27.4 Å². The van der Waals surface area contributed by atoms with Gasteiger partial charge in [0.15, 0.2) is 5.03 Å². The summed E-state index contributed by atoms with van der Waals surface area (Å²) in [5, 5.41) is 3.45. The number of hydrogen-bond acceptors (Lipinski definition) is 5. The highest BCUT2D eigenvalue weighted by Gasteiger charge is 2.48. The number of benzene rings is 1. The van der Waals surface area contributed by atoms with Gasteiger partial charge in [-0.05, 0) is 31.0 Å². The van der Waals surface area contributed by atoms with Gasteiger partial charge >= 0.3 is 0 Å². The van der Waals surface area contributed by atoms with Gasteiger partial charge in [-0.2, -0.15) is 4.31 Å². The number of nitrogens with one attached hydrogen (secondary N) is 1. The van der Waals surface area contributed by atoms with E-state index in [0.717, 1.165) is 0 Å². The molecule has 200 valence electrons. The largest absolute Gasteiger partial charge is 0.350 e. The summed E-state index contributed by atoms with van der Waals surface area (Å²) >= 11 is 12.1. The van der Waals surface area contributed by atoms with Crippen LogP contribution < -0.4 is 5.32 Å². The van der Waals surface area contributed by atoms with Crippen molar-refractivity contribution in [1.82, 2.24) is 24.1 Å². The van der Waals surface area contributed by atoms with Crippen LogP contribution in [0.25, 0.3) is 0 Å². The average Bonchev–Trinajstić information content (AvgIpc) is 3.26. The number of amides is 1. The molecule has 14 heteroatoms. The fourth-order valence-corrected chi connectivity index (χ4v) is 6.64. The van der Waals surface area contributed by atoms with Crippen molar-refractivity contribution in [2.45, 2.75) is 42.2 Å². The van der Waals surface area contributed by atoms with Gasteiger partial charge in [0.25, 0.3) is 15.9 Å². The lowest BCUT2D eigenvalue weighted by Crippen LogP contribution is -2.63. The fraction of sp³-hybridized carbons (Fsp3) is 0.545. The molecule has 1 aliphatic carbocycles. The number of aryl methyl sites for hydroxylation is 1. The van der Waals surface area contributed by atoms with Crippen LogP contribution in [0.4, 0.5) is 8.78 Å². The van der Waals surface area contributed by atoms with Crippen LogP contribution in [0.1, 0.15) is 36.0 Å². The van der Waals surface area contributed by atoms with E-state index in [9.17, 15) is 22.0 Å². The number of alkyl halides is 2. The highest BCUT2D eigenvalue weighted by atomic mass is 35.5. The van der Waals surface area contributed by atoms with Gasteiger partial charge in [0.2, 0.25) is 5.92 Å². The first kappa shape index (κ1) is 29.1. The van der Waals surface area contributed by atoms with Gasteiger partial charge in [-0.25, -0.2) is 22.2 Å². The molecule has 1 saturated heterocycles. The van der Waals surface area contributed by atoms with Gasteiger partial charge in [0.1, 0.15) is 0 Å². The van der Waals surface area contributed by atoms with Crippen molar-refractivity contribution in [2.24, 2.45) is 7.05 Å². The number of rotatable bonds is 6. The Balaban J connectivity index is 0.00000361. The van der Waals surface area contributed by atoms with Crippen molar-refractivity contribution < 1.29 is 22.0 Å². The lowest BCUT2D eigenvalue weighted by Gasteiger charge is -2.50. The summed E-state index contributed by atoms with van der Waals surface area (Å²) in [4.78, 5) is 18.8. The third-order valence-electron chi connectivity index (χ3n) is 6.86. The van der Waals surface area contributed by atoms with Crippen molar-refractivity contribution >= 4 is 51.5 Å². The molecule has 0 unspecified atom stereocenters. The van der Waals surface area contributed by atoms with Crippen LogP contribution in [0.15, 0.2) is 35.7 Å². The first-order chi connectivity index (χ1) is 16.4. The molecule has 2 fully saturated rings. The molecule has 1 amide bonds. The number of halogens is 5. The van der Waals surface area contributed by atoms with E-state index in [0.29, 0.717) is 18.1 Å². The Morgan fingerprint density at radius 2 is 1.75 bits per heavy atom. The molecular weight excluding hydrogens is 559 g/mol. The van der Waals surface area contributed by atoms with Gasteiger partial charge in [0, 0.05) is 69.4 Å². The molecule has 4 rings (SSSR count). The molecule has 2 aromatic rings. The van der Waals surface area contributed by atoms with E-state index in [4.69, 9.17) is 23.2 Å². The summed E-state index contributed by atoms with van der Waals surface area (Å²) in [7, 11) is -2.05. The Kier molecular flexibility index (Phi) is 8.95. The molecule has 0 spiro atoms. The zero-order chi connectivity index (χ0) is 25.4. The number of imidazole rings is 1. The summed E-state index contributed by atoms with van der Waals surface area (Å²) in [6, 6.07) is 4.54. The van der Waals surface area contributed by atoms with Crippen molar-refractivity contribution in [3.63, 3.8) is 0 Å². The Bertz CT molecular complexity index is 1190. The quantitative estimate of drug-likeness (QED) is 0.556. The molecule has 0 bridgehead atoms. The molecular formula is C22H28Cl3F2N5O3S. The first-order valence-electron chi connectivity index (χ1n) is 11.3. The minimum Gasteiger partial charge on any atom is -0.350 e. The Labute approximate surface area is 225 Å². The van der Waals surface area contributed by atoms with Crippen LogP contribution in [-0.4, -0.2) is 77.3 Å². The second-order valence-corrected chi connectivity index (χ2v) is 11.9. The fourth-order valence-electron chi connectivity index (χ4n) is 4.76. The molecule has 1 aliphatic heterocycles. The second-order valence-electron chi connectivity index (χ2n) is 9.16. The molecule has 1 N–H and O–H groups in total. The smallest absolute Gasteiger partial charge is 0.262 e. The number of carbonyl (C=O) groups excluding carboxylic acids is 1. The van der Waals surface area contributed by atoms with Gasteiger partial charge in [-0.3, -0.25) is 9.69 Å². The van der Waals surface area contributed by atoms with Crippen molar-refractivity contribution in [2.75, 3.05) is 32.7 Å². The number of nitrogens with zero attached hydrogens (tertiary/aromatic N) is 4. The van der Waals surface area contributed by atoms with Crippen LogP contribution in [0.3, 0.4) is 0 Å². The lowest BCUT2D eigenvalue weighted by molar-refractivity contribution is -0.0856. The van der Waals surface area contributed by atoms with Crippen LogP contribution in [0.2, 0.25) is 10.0 Å². The maximum Gasteiger partial charge on any atom is 0.262 e. The van der Waals surface area contributed by atoms with Gasteiger partial charge in [0.05, 0.1) is 16.9 Å². The zero-order valence-corrected chi connectivity index (χ0v) is 22.7. The number of sulfonamides is 1. The third kappa shape index (κ3) is 6.14. The third-order valence-corrected chi connectivity index (χ3v) is 9.19. The monoisotopic (exact) mass is 585 g/mol. The lowest BCUT2D eigenvalue weighted by atomic mass is 9.78. The van der Waals surface area contributed by atoms with E-state index in [1.54, 1.807) is 17.7 Å². The van der Waals surface area contributed by atoms with Crippen LogP contribution >= 0.6 is 35.6 Å². The SMILES string of the molecule is Cl.Cn1cnc(S(=O)(=O)N2CCN(C3(CNC(=O)c4ccc(Cl)cc4Cl)CCC(F)(F)CC3)CC2)c1. The summed E-state index contributed by atoms with van der Waals surface area (Å²) < 4.78 is 56.9. The van der Waals surface area contributed by atoms with Crippen molar-refractivity contribution in [3.05, 3.63) is 46.3 Å². The number of carbonyl (C=O) groups is 1. The van der Waals surface area contributed by atoms with Crippen LogP contribution in [0.5, 0.6) is 0 Å². The average molecular weight is 587 g/mol. The molecule has 1 aromatic heterocycles. The summed E-state index contributed by atoms with van der Waals surface area (Å²) in [5.74, 6) is -3.17. The minimum atomic E-state index is -3.74.